The van der Waals surface area contributed by atoms with E-state index in [4.69, 9.17) is 5.73 Å². The van der Waals surface area contributed by atoms with Crippen molar-refractivity contribution >= 4 is 11.8 Å². The quantitative estimate of drug-likeness (QED) is 0.825. The summed E-state index contributed by atoms with van der Waals surface area (Å²) in [4.78, 5) is 13.1. The van der Waals surface area contributed by atoms with E-state index in [-0.39, 0.29) is 5.54 Å². The van der Waals surface area contributed by atoms with E-state index in [1.165, 1.54) is 0 Å². The van der Waals surface area contributed by atoms with Crippen molar-refractivity contribution < 1.29 is 0 Å². The molecule has 1 saturated heterocycles. The highest BCUT2D eigenvalue weighted by Crippen LogP contribution is 2.26. The molecule has 1 aromatic heterocycles. The van der Waals surface area contributed by atoms with E-state index in [0.717, 1.165) is 32.5 Å². The van der Waals surface area contributed by atoms with E-state index in [0.29, 0.717) is 11.8 Å². The zero-order valence-corrected chi connectivity index (χ0v) is 12.1. The number of hydrogen-bond donors (Lipinski definition) is 2. The highest BCUT2D eigenvalue weighted by atomic mass is 15.2. The van der Waals surface area contributed by atoms with Crippen LogP contribution >= 0.6 is 0 Å². The first-order chi connectivity index (χ1) is 9.02. The number of piperidine rings is 1. The van der Waals surface area contributed by atoms with Crippen LogP contribution in [-0.4, -0.2) is 66.1 Å². The number of likely N-dealkylation sites (tertiary alicyclic amines) is 1. The maximum atomic E-state index is 5.67. The summed E-state index contributed by atoms with van der Waals surface area (Å²) in [7, 11) is 6.47. The Balaban J connectivity index is 2.01. The highest BCUT2D eigenvalue weighted by molar-refractivity contribution is 5.35. The van der Waals surface area contributed by atoms with Gasteiger partial charge in [-0.25, -0.2) is 4.98 Å². The van der Waals surface area contributed by atoms with Gasteiger partial charge in [0.15, 0.2) is 0 Å². The van der Waals surface area contributed by atoms with Gasteiger partial charge in [-0.3, -0.25) is 0 Å². The van der Waals surface area contributed by atoms with Crippen molar-refractivity contribution in [1.29, 1.82) is 0 Å². The molecule has 1 fully saturated rings. The van der Waals surface area contributed by atoms with E-state index < -0.39 is 0 Å². The first-order valence-corrected chi connectivity index (χ1v) is 6.70. The average molecular weight is 264 g/mol. The lowest BCUT2D eigenvalue weighted by atomic mass is 9.86. The third kappa shape index (κ3) is 3.33. The van der Waals surface area contributed by atoms with Crippen LogP contribution in [0, 0.1) is 0 Å². The molecule has 2 rings (SSSR count). The van der Waals surface area contributed by atoms with Gasteiger partial charge in [0.25, 0.3) is 0 Å². The van der Waals surface area contributed by atoms with Crippen LogP contribution in [0.25, 0.3) is 0 Å². The fourth-order valence-corrected chi connectivity index (χ4v) is 2.52. The van der Waals surface area contributed by atoms with Crippen LogP contribution in [0.3, 0.4) is 0 Å². The van der Waals surface area contributed by atoms with Gasteiger partial charge >= 0.3 is 0 Å². The minimum absolute atomic E-state index is 0.167. The van der Waals surface area contributed by atoms with Crippen molar-refractivity contribution in [3.63, 3.8) is 0 Å². The Hall–Kier alpha value is -1.40. The maximum absolute atomic E-state index is 5.67. The first-order valence-electron chi connectivity index (χ1n) is 6.70. The lowest BCUT2D eigenvalue weighted by molar-refractivity contribution is 0.0772. The third-order valence-corrected chi connectivity index (χ3v) is 4.12. The van der Waals surface area contributed by atoms with Crippen molar-refractivity contribution in [1.82, 2.24) is 19.8 Å². The van der Waals surface area contributed by atoms with E-state index in [2.05, 4.69) is 46.2 Å². The van der Waals surface area contributed by atoms with E-state index in [1.807, 2.05) is 0 Å². The fourth-order valence-electron chi connectivity index (χ4n) is 2.52. The lowest BCUT2D eigenvalue weighted by Gasteiger charge is -2.45. The van der Waals surface area contributed by atoms with Crippen molar-refractivity contribution in [2.45, 2.75) is 18.4 Å². The molecule has 1 aromatic rings. The van der Waals surface area contributed by atoms with Gasteiger partial charge in [0.05, 0.1) is 0 Å². The molecule has 0 bridgehead atoms. The number of hydrogen-bond acceptors (Lipinski definition) is 6. The Morgan fingerprint density at radius 2 is 2.11 bits per heavy atom. The number of anilines is 2. The van der Waals surface area contributed by atoms with E-state index in [1.54, 1.807) is 12.3 Å². The molecule has 19 heavy (non-hydrogen) atoms. The van der Waals surface area contributed by atoms with Crippen LogP contribution < -0.4 is 11.1 Å². The molecule has 106 valence electrons. The second-order valence-corrected chi connectivity index (χ2v) is 5.58. The standard InChI is InChI=1S/C13H24N6/c1-18(2)13(5-8-19(3)9-6-13)10-16-12-15-7-4-11(14)17-12/h4,7H,5-6,8-10H2,1-3H3,(H3,14,15,16,17). The monoisotopic (exact) mass is 264 g/mol. The van der Waals surface area contributed by atoms with Crippen LogP contribution in [-0.2, 0) is 0 Å². The number of nitrogen functional groups attached to an aromatic ring is 1. The summed E-state index contributed by atoms with van der Waals surface area (Å²) in [5.74, 6) is 1.11. The number of aromatic nitrogens is 2. The summed E-state index contributed by atoms with van der Waals surface area (Å²) < 4.78 is 0. The van der Waals surface area contributed by atoms with Gasteiger partial charge in [-0.2, -0.15) is 4.98 Å². The number of nitrogens with one attached hydrogen (secondary N) is 1. The van der Waals surface area contributed by atoms with Gasteiger partial charge < -0.3 is 20.9 Å². The van der Waals surface area contributed by atoms with Crippen molar-refractivity contribution in [2.24, 2.45) is 0 Å². The molecule has 6 heteroatoms. The maximum Gasteiger partial charge on any atom is 0.224 e. The Bertz CT molecular complexity index is 411. The second-order valence-electron chi connectivity index (χ2n) is 5.58. The Morgan fingerprint density at radius 3 is 2.68 bits per heavy atom. The fraction of sp³-hybridized carbons (Fsp3) is 0.692. The Morgan fingerprint density at radius 1 is 1.42 bits per heavy atom. The molecule has 6 nitrogen and oxygen atoms in total. The van der Waals surface area contributed by atoms with Crippen molar-refractivity contribution in [3.8, 4) is 0 Å². The Labute approximate surface area is 115 Å². The molecule has 0 aromatic carbocycles. The Kier molecular flexibility index (Phi) is 4.21. The minimum Gasteiger partial charge on any atom is -0.384 e. The number of nitrogens with zero attached hydrogens (tertiary/aromatic N) is 4. The lowest BCUT2D eigenvalue weighted by Crippen LogP contribution is -2.55. The number of rotatable bonds is 4. The summed E-state index contributed by atoms with van der Waals surface area (Å²) in [6, 6.07) is 1.70. The van der Waals surface area contributed by atoms with Crippen molar-refractivity contribution in [2.75, 3.05) is 51.8 Å². The molecule has 0 amide bonds. The van der Waals surface area contributed by atoms with Crippen LogP contribution in [0.5, 0.6) is 0 Å². The van der Waals surface area contributed by atoms with Crippen LogP contribution in [0.1, 0.15) is 12.8 Å². The molecule has 1 aliphatic rings. The third-order valence-electron chi connectivity index (χ3n) is 4.12. The topological polar surface area (TPSA) is 70.3 Å². The van der Waals surface area contributed by atoms with Gasteiger partial charge in [-0.15, -0.1) is 0 Å². The molecule has 2 heterocycles. The molecule has 0 radical (unpaired) electrons. The van der Waals surface area contributed by atoms with Crippen LogP contribution in [0.15, 0.2) is 12.3 Å². The first kappa shape index (κ1) is 14.0. The zero-order chi connectivity index (χ0) is 13.9. The highest BCUT2D eigenvalue weighted by Gasteiger charge is 2.35. The average Bonchev–Trinajstić information content (AvgIpc) is 2.38. The summed E-state index contributed by atoms with van der Waals surface area (Å²) in [6.07, 6.45) is 3.97. The van der Waals surface area contributed by atoms with Crippen LogP contribution in [0.2, 0.25) is 0 Å². The summed E-state index contributed by atoms with van der Waals surface area (Å²) in [5, 5.41) is 3.33. The largest absolute Gasteiger partial charge is 0.384 e. The van der Waals surface area contributed by atoms with Gasteiger partial charge in [0, 0.05) is 18.3 Å². The predicted octanol–water partition coefficient (Wildman–Crippen LogP) is 0.497. The summed E-state index contributed by atoms with van der Waals surface area (Å²) >= 11 is 0. The van der Waals surface area contributed by atoms with Gasteiger partial charge in [-0.05, 0) is 53.1 Å². The molecule has 1 aliphatic heterocycles. The molecule has 0 unspecified atom stereocenters. The van der Waals surface area contributed by atoms with Crippen molar-refractivity contribution in [3.05, 3.63) is 12.3 Å². The second kappa shape index (κ2) is 5.71. The predicted molar refractivity (Wildman–Crippen MR) is 78.1 cm³/mol. The van der Waals surface area contributed by atoms with Gasteiger partial charge in [0.1, 0.15) is 5.82 Å². The SMILES string of the molecule is CN1CCC(CNc2nccc(N)n2)(N(C)C)CC1. The van der Waals surface area contributed by atoms with E-state index >= 15 is 0 Å². The normalized spacial score (nSPS) is 19.6. The molecular formula is C13H24N6. The van der Waals surface area contributed by atoms with Gasteiger partial charge in [-0.1, -0.05) is 0 Å². The molecule has 0 atom stereocenters. The molecule has 3 N–H and O–H groups in total. The van der Waals surface area contributed by atoms with E-state index in [9.17, 15) is 0 Å². The number of likely N-dealkylation sites (N-methyl/N-ethyl adjacent to an activating group) is 1. The minimum atomic E-state index is 0.167. The summed E-state index contributed by atoms with van der Waals surface area (Å²) in [5.41, 5.74) is 5.84. The molecule has 0 aliphatic carbocycles. The summed E-state index contributed by atoms with van der Waals surface area (Å²) in [6.45, 7) is 3.09. The van der Waals surface area contributed by atoms with Crippen LogP contribution in [0.4, 0.5) is 11.8 Å². The van der Waals surface area contributed by atoms with Gasteiger partial charge in [0.2, 0.25) is 5.95 Å². The smallest absolute Gasteiger partial charge is 0.224 e. The number of nitrogens with two attached hydrogens (primary N) is 1. The molecule has 0 spiro atoms. The zero-order valence-electron chi connectivity index (χ0n) is 12.1. The molecular weight excluding hydrogens is 240 g/mol. The molecule has 0 saturated carbocycles.